The molecule has 9 nitrogen and oxygen atoms in total. The van der Waals surface area contributed by atoms with E-state index in [0.29, 0.717) is 39.5 Å². The van der Waals surface area contributed by atoms with Crippen LogP contribution in [0.5, 0.6) is 23.0 Å². The number of rotatable bonds is 8. The van der Waals surface area contributed by atoms with Crippen molar-refractivity contribution < 1.29 is 27.4 Å². The van der Waals surface area contributed by atoms with Crippen molar-refractivity contribution in [1.29, 1.82) is 0 Å². The maximum absolute atomic E-state index is 13.7. The lowest BCUT2D eigenvalue weighted by molar-refractivity contribution is 0.174. The van der Waals surface area contributed by atoms with E-state index in [1.165, 1.54) is 23.5 Å². The number of ether oxygens (including phenoxy) is 4. The number of nitrogens with zero attached hydrogens (tertiary/aromatic N) is 1. The molecule has 0 saturated carbocycles. The van der Waals surface area contributed by atoms with Crippen molar-refractivity contribution in [1.82, 2.24) is 9.29 Å². The maximum Gasteiger partial charge on any atom is 0.252 e. The third-order valence-corrected chi connectivity index (χ3v) is 7.78. The number of benzene rings is 3. The highest BCUT2D eigenvalue weighted by atomic mass is 32.2. The fourth-order valence-corrected chi connectivity index (χ4v) is 5.41. The second-order valence-corrected chi connectivity index (χ2v) is 10.2. The first-order chi connectivity index (χ1) is 17.4. The Hall–Kier alpha value is -4.02. The molecule has 5 rings (SSSR count). The van der Waals surface area contributed by atoms with Gasteiger partial charge in [0.1, 0.15) is 11.5 Å². The molecule has 10 heteroatoms. The second kappa shape index (κ2) is 9.56. The number of hydrogen-bond donors (Lipinski definition) is 1. The van der Waals surface area contributed by atoms with Gasteiger partial charge in [-0.1, -0.05) is 12.1 Å². The Morgan fingerprint density at radius 1 is 0.861 bits per heavy atom. The van der Waals surface area contributed by atoms with Crippen LogP contribution in [-0.2, 0) is 23.1 Å². The Balaban J connectivity index is 1.54. The zero-order chi connectivity index (χ0) is 25.3. The van der Waals surface area contributed by atoms with Crippen LogP contribution < -0.4 is 24.5 Å². The van der Waals surface area contributed by atoms with Crippen LogP contribution in [0.4, 0.5) is 0 Å². The van der Waals surface area contributed by atoms with Gasteiger partial charge in [0.15, 0.2) is 11.5 Å². The molecule has 0 bridgehead atoms. The van der Waals surface area contributed by atoms with Crippen molar-refractivity contribution >= 4 is 20.9 Å². The van der Waals surface area contributed by atoms with Crippen LogP contribution in [0.15, 0.2) is 76.4 Å². The number of fused-ring (bicyclic) bond motifs is 2. The van der Waals surface area contributed by atoms with E-state index in [0.717, 1.165) is 5.56 Å². The van der Waals surface area contributed by atoms with Gasteiger partial charge in [-0.05, 0) is 54.1 Å². The molecule has 0 spiro atoms. The molecule has 1 N–H and O–H groups in total. The molecule has 3 aromatic carbocycles. The number of pyridine rings is 1. The van der Waals surface area contributed by atoms with Gasteiger partial charge in [-0.15, -0.1) is 0 Å². The molecule has 0 unspecified atom stereocenters. The van der Waals surface area contributed by atoms with E-state index in [9.17, 15) is 13.2 Å². The highest BCUT2D eigenvalue weighted by Gasteiger charge is 2.26. The smallest absolute Gasteiger partial charge is 0.252 e. The van der Waals surface area contributed by atoms with Crippen LogP contribution in [0.25, 0.3) is 10.9 Å². The molecule has 0 atom stereocenters. The number of nitrogens with one attached hydrogen (secondary N) is 1. The van der Waals surface area contributed by atoms with Crippen molar-refractivity contribution in [3.05, 3.63) is 88.2 Å². The van der Waals surface area contributed by atoms with Crippen LogP contribution in [0, 0.1) is 0 Å². The molecular weight excluding hydrogens is 484 g/mol. The zero-order valence-corrected chi connectivity index (χ0v) is 20.5. The number of methoxy groups -OCH3 is 2. The molecule has 4 aromatic rings. The molecular formula is C26H24N2O7S. The van der Waals surface area contributed by atoms with Crippen LogP contribution in [-0.4, -0.2) is 38.7 Å². The number of sulfonamides is 1. The Kier molecular flexibility index (Phi) is 6.29. The first-order valence-electron chi connectivity index (χ1n) is 11.1. The quantitative estimate of drug-likeness (QED) is 0.387. The zero-order valence-electron chi connectivity index (χ0n) is 19.7. The Morgan fingerprint density at radius 2 is 1.47 bits per heavy atom. The van der Waals surface area contributed by atoms with Gasteiger partial charge < -0.3 is 23.9 Å². The summed E-state index contributed by atoms with van der Waals surface area (Å²) in [7, 11) is -0.893. The number of H-pyrrole nitrogens is 1. The van der Waals surface area contributed by atoms with Gasteiger partial charge in [-0.2, -0.15) is 4.31 Å². The van der Waals surface area contributed by atoms with Crippen LogP contribution in [0.2, 0.25) is 0 Å². The Labute approximate surface area is 207 Å². The molecule has 0 radical (unpaired) electrons. The van der Waals surface area contributed by atoms with E-state index in [1.54, 1.807) is 61.7 Å². The molecule has 186 valence electrons. The van der Waals surface area contributed by atoms with Gasteiger partial charge in [0.05, 0.1) is 24.6 Å². The van der Waals surface area contributed by atoms with Crippen LogP contribution in [0.3, 0.4) is 0 Å². The molecule has 1 aliphatic heterocycles. The predicted molar refractivity (Wildman–Crippen MR) is 133 cm³/mol. The fourth-order valence-electron chi connectivity index (χ4n) is 4.01. The topological polar surface area (TPSA) is 107 Å². The third kappa shape index (κ3) is 4.60. The van der Waals surface area contributed by atoms with Gasteiger partial charge in [0, 0.05) is 30.1 Å². The summed E-state index contributed by atoms with van der Waals surface area (Å²) in [6, 6.07) is 18.4. The monoisotopic (exact) mass is 508 g/mol. The van der Waals surface area contributed by atoms with E-state index in [1.807, 2.05) is 0 Å². The summed E-state index contributed by atoms with van der Waals surface area (Å²) in [4.78, 5) is 15.9. The molecule has 0 amide bonds. The van der Waals surface area contributed by atoms with Crippen LogP contribution >= 0.6 is 0 Å². The number of aromatic amines is 1. The summed E-state index contributed by atoms with van der Waals surface area (Å²) in [6.07, 6.45) is 0. The average molecular weight is 509 g/mol. The first kappa shape index (κ1) is 23.7. The lowest BCUT2D eigenvalue weighted by Gasteiger charge is -2.23. The summed E-state index contributed by atoms with van der Waals surface area (Å²) in [5.74, 6) is 2.32. The largest absolute Gasteiger partial charge is 0.497 e. The van der Waals surface area contributed by atoms with Gasteiger partial charge in [-0.25, -0.2) is 8.42 Å². The molecule has 0 fully saturated rings. The fraction of sp³-hybridized carbons (Fsp3) is 0.192. The minimum atomic E-state index is -3.97. The standard InChI is InChI=1S/C26H24N2O7S/c1-32-20-5-3-17(4-6-20)14-28(36(30,31)22-9-7-21(33-2)8-10-22)15-19-11-18-12-24-25(35-16-34-24)13-23(18)27-26(19)29/h3-13H,14-16H2,1-2H3,(H,27,29). The summed E-state index contributed by atoms with van der Waals surface area (Å²) < 4.78 is 49.9. The highest BCUT2D eigenvalue weighted by Crippen LogP contribution is 2.35. The lowest BCUT2D eigenvalue weighted by Crippen LogP contribution is -2.32. The van der Waals surface area contributed by atoms with Crippen molar-refractivity contribution in [2.75, 3.05) is 21.0 Å². The summed E-state index contributed by atoms with van der Waals surface area (Å²) >= 11 is 0. The van der Waals surface area contributed by atoms with Crippen LogP contribution in [0.1, 0.15) is 11.1 Å². The van der Waals surface area contributed by atoms with Gasteiger partial charge in [0.25, 0.3) is 5.56 Å². The normalized spacial score (nSPS) is 12.8. The Bertz CT molecular complexity index is 1560. The molecule has 0 saturated heterocycles. The van der Waals surface area contributed by atoms with Crippen molar-refractivity contribution in [2.45, 2.75) is 18.0 Å². The number of aromatic nitrogens is 1. The SMILES string of the molecule is COc1ccc(CN(Cc2cc3cc4c(cc3[nH]c2=O)OCO4)S(=O)(=O)c2ccc(OC)cc2)cc1. The summed E-state index contributed by atoms with van der Waals surface area (Å²) in [6.45, 7) is 0.0234. The van der Waals surface area contributed by atoms with Crippen molar-refractivity contribution in [2.24, 2.45) is 0 Å². The van der Waals surface area contributed by atoms with Gasteiger partial charge in [-0.3, -0.25) is 4.79 Å². The third-order valence-electron chi connectivity index (χ3n) is 5.98. The van der Waals surface area contributed by atoms with E-state index < -0.39 is 10.0 Å². The molecule has 1 aromatic heterocycles. The molecule has 1 aliphatic rings. The molecule has 2 heterocycles. The maximum atomic E-state index is 13.7. The van der Waals surface area contributed by atoms with E-state index in [-0.39, 0.29) is 30.3 Å². The lowest BCUT2D eigenvalue weighted by atomic mass is 10.1. The summed E-state index contributed by atoms with van der Waals surface area (Å²) in [5, 5.41) is 0.708. The second-order valence-electron chi connectivity index (χ2n) is 8.21. The van der Waals surface area contributed by atoms with Gasteiger partial charge >= 0.3 is 0 Å². The number of hydrogen-bond acceptors (Lipinski definition) is 7. The minimum Gasteiger partial charge on any atom is -0.497 e. The predicted octanol–water partition coefficient (Wildman–Crippen LogP) is 3.67. The molecule has 36 heavy (non-hydrogen) atoms. The Morgan fingerprint density at radius 3 is 2.11 bits per heavy atom. The van der Waals surface area contributed by atoms with E-state index >= 15 is 0 Å². The van der Waals surface area contributed by atoms with E-state index in [4.69, 9.17) is 18.9 Å². The van der Waals surface area contributed by atoms with Gasteiger partial charge in [0.2, 0.25) is 16.8 Å². The molecule has 0 aliphatic carbocycles. The average Bonchev–Trinajstić information content (AvgIpc) is 3.35. The van der Waals surface area contributed by atoms with Crippen molar-refractivity contribution in [3.8, 4) is 23.0 Å². The van der Waals surface area contributed by atoms with Crippen molar-refractivity contribution in [3.63, 3.8) is 0 Å². The highest BCUT2D eigenvalue weighted by molar-refractivity contribution is 7.89. The van der Waals surface area contributed by atoms with E-state index in [2.05, 4.69) is 4.98 Å². The minimum absolute atomic E-state index is 0.0526. The first-order valence-corrected chi connectivity index (χ1v) is 12.5. The summed E-state index contributed by atoms with van der Waals surface area (Å²) in [5.41, 5.74) is 1.24.